The number of nitrogens with one attached hydrogen (secondary N) is 2. The Hall–Kier alpha value is -2.69. The van der Waals surface area contributed by atoms with Crippen LogP contribution in [0.1, 0.15) is 36.0 Å². The molecule has 0 unspecified atom stereocenters. The number of carbonyl (C=O) groups excluding carboxylic acids is 1. The molecule has 1 aliphatic carbocycles. The summed E-state index contributed by atoms with van der Waals surface area (Å²) in [4.78, 5) is 23.9. The Kier molecular flexibility index (Phi) is 5.75. The third-order valence-corrected chi connectivity index (χ3v) is 7.27. The van der Waals surface area contributed by atoms with Gasteiger partial charge in [0.15, 0.2) is 0 Å². The summed E-state index contributed by atoms with van der Waals surface area (Å²) in [5.74, 6) is 0.171. The summed E-state index contributed by atoms with van der Waals surface area (Å²) < 4.78 is 5.11. The molecule has 31 heavy (non-hydrogen) atoms. The number of fused-ring (bicyclic) bond motifs is 3. The van der Waals surface area contributed by atoms with E-state index in [1.54, 1.807) is 18.3 Å². The van der Waals surface area contributed by atoms with Gasteiger partial charge in [-0.1, -0.05) is 18.2 Å². The van der Waals surface area contributed by atoms with Gasteiger partial charge in [-0.2, -0.15) is 0 Å². The minimum Gasteiger partial charge on any atom is -0.466 e. The van der Waals surface area contributed by atoms with E-state index in [1.807, 2.05) is 35.3 Å². The lowest BCUT2D eigenvalue weighted by Crippen LogP contribution is -2.40. The van der Waals surface area contributed by atoms with Crippen LogP contribution in [0.25, 0.3) is 10.2 Å². The van der Waals surface area contributed by atoms with E-state index in [-0.39, 0.29) is 12.4 Å². The van der Waals surface area contributed by atoms with Gasteiger partial charge in [0.1, 0.15) is 22.1 Å². The van der Waals surface area contributed by atoms with E-state index in [1.165, 1.54) is 35.0 Å². The molecule has 1 aliphatic heterocycles. The first-order valence-electron chi connectivity index (χ1n) is 10.3. The Bertz CT molecular complexity index is 1150. The van der Waals surface area contributed by atoms with Crippen molar-refractivity contribution in [3.8, 4) is 0 Å². The quantitative estimate of drug-likeness (QED) is 0.447. The number of rotatable bonds is 5. The fraction of sp³-hybridized carbons (Fsp3) is 0.333. The van der Waals surface area contributed by atoms with E-state index in [9.17, 15) is 4.79 Å². The predicted octanol–water partition coefficient (Wildman–Crippen LogP) is 3.57. The van der Waals surface area contributed by atoms with Gasteiger partial charge in [0.2, 0.25) is 5.17 Å². The smallest absolute Gasteiger partial charge is 0.313 e. The number of hydrazone groups is 1. The molecular formula is C21H22N6O2S2. The molecule has 0 saturated heterocycles. The van der Waals surface area contributed by atoms with E-state index < -0.39 is 0 Å². The van der Waals surface area contributed by atoms with E-state index in [0.717, 1.165) is 38.9 Å². The Balaban J connectivity index is 1.54. The molecule has 160 valence electrons. The van der Waals surface area contributed by atoms with Crippen LogP contribution in [0.2, 0.25) is 0 Å². The normalized spacial score (nSPS) is 15.5. The zero-order valence-electron chi connectivity index (χ0n) is 17.1. The summed E-state index contributed by atoms with van der Waals surface area (Å²) in [5, 5.41) is 8.94. The Morgan fingerprint density at radius 1 is 1.23 bits per heavy atom. The third kappa shape index (κ3) is 4.10. The fourth-order valence-corrected chi connectivity index (χ4v) is 6.11. The van der Waals surface area contributed by atoms with Gasteiger partial charge < -0.3 is 4.74 Å². The maximum atomic E-state index is 12.1. The van der Waals surface area contributed by atoms with Crippen molar-refractivity contribution < 1.29 is 9.53 Å². The number of aromatic nitrogens is 2. The summed E-state index contributed by atoms with van der Waals surface area (Å²) in [7, 11) is 0. The maximum Gasteiger partial charge on any atom is 0.313 e. The first-order valence-corrected chi connectivity index (χ1v) is 11.9. The number of nitrogens with zero attached hydrogens (tertiary/aromatic N) is 4. The molecule has 0 saturated carbocycles. The number of hydrogen-bond donors (Lipinski definition) is 2. The second-order valence-electron chi connectivity index (χ2n) is 7.21. The van der Waals surface area contributed by atoms with Crippen LogP contribution in [0.4, 0.5) is 5.69 Å². The molecule has 8 nitrogen and oxygen atoms in total. The SMILES string of the molecule is CCOC(=O)Cc1nc(SC2=NNNN2c2ccccc2)c2c3c(sc2n1)CCCC3. The van der Waals surface area contributed by atoms with Crippen molar-refractivity contribution in [1.29, 1.82) is 0 Å². The van der Waals surface area contributed by atoms with Crippen LogP contribution in [0.3, 0.4) is 0 Å². The van der Waals surface area contributed by atoms with Gasteiger partial charge in [-0.05, 0) is 62.1 Å². The molecular weight excluding hydrogens is 432 g/mol. The van der Waals surface area contributed by atoms with E-state index in [0.29, 0.717) is 12.4 Å². The predicted molar refractivity (Wildman–Crippen MR) is 123 cm³/mol. The highest BCUT2D eigenvalue weighted by Gasteiger charge is 2.26. The fourth-order valence-electron chi connectivity index (χ4n) is 3.79. The molecule has 2 aromatic heterocycles. The van der Waals surface area contributed by atoms with Gasteiger partial charge in [0, 0.05) is 10.3 Å². The van der Waals surface area contributed by atoms with Crippen molar-refractivity contribution in [3.05, 3.63) is 46.6 Å². The van der Waals surface area contributed by atoms with Crippen LogP contribution in [0.5, 0.6) is 0 Å². The van der Waals surface area contributed by atoms with Crippen LogP contribution in [0.15, 0.2) is 40.5 Å². The highest BCUT2D eigenvalue weighted by atomic mass is 32.2. The van der Waals surface area contributed by atoms with Crippen molar-refractivity contribution in [2.75, 3.05) is 11.6 Å². The highest BCUT2D eigenvalue weighted by Crippen LogP contribution is 2.40. The molecule has 0 fully saturated rings. The van der Waals surface area contributed by atoms with Gasteiger partial charge in [-0.3, -0.25) is 4.79 Å². The van der Waals surface area contributed by atoms with Crippen LogP contribution < -0.4 is 16.1 Å². The number of hydrazine groups is 2. The molecule has 2 aliphatic rings. The first kappa shape index (κ1) is 20.2. The zero-order chi connectivity index (χ0) is 21.2. The largest absolute Gasteiger partial charge is 0.466 e. The minimum absolute atomic E-state index is 0.0608. The summed E-state index contributed by atoms with van der Waals surface area (Å²) in [5.41, 5.74) is 8.20. The standard InChI is InChI=1S/C21H22N6O2S2/c1-2-29-17(28)12-16-22-19-18(14-10-6-7-11-15(14)30-19)20(23-16)31-21-24-25-26-27(21)13-8-4-3-5-9-13/h3-5,8-9,25-26H,2,6-7,10-12H2,1H3. The molecule has 3 heterocycles. The molecule has 0 radical (unpaired) electrons. The monoisotopic (exact) mass is 454 g/mol. The Morgan fingerprint density at radius 2 is 2.06 bits per heavy atom. The average Bonchev–Trinajstić information content (AvgIpc) is 3.38. The number of thiophene rings is 1. The molecule has 0 bridgehead atoms. The van der Waals surface area contributed by atoms with Crippen LogP contribution in [-0.2, 0) is 28.8 Å². The number of anilines is 1. The lowest BCUT2D eigenvalue weighted by atomic mass is 9.97. The van der Waals surface area contributed by atoms with Gasteiger partial charge in [-0.15, -0.1) is 22.0 Å². The van der Waals surface area contributed by atoms with Crippen molar-refractivity contribution in [1.82, 2.24) is 21.0 Å². The summed E-state index contributed by atoms with van der Waals surface area (Å²) >= 11 is 3.19. The van der Waals surface area contributed by atoms with Gasteiger partial charge >= 0.3 is 5.97 Å². The van der Waals surface area contributed by atoms with E-state index >= 15 is 0 Å². The molecule has 1 aromatic carbocycles. The molecule has 5 rings (SSSR count). The number of carbonyl (C=O) groups is 1. The molecule has 0 spiro atoms. The first-order chi connectivity index (χ1) is 15.2. The topological polar surface area (TPSA) is 91.7 Å². The van der Waals surface area contributed by atoms with Crippen molar-refractivity contribution in [2.45, 2.75) is 44.1 Å². The average molecular weight is 455 g/mol. The molecule has 3 aromatic rings. The van der Waals surface area contributed by atoms with Gasteiger partial charge in [0.25, 0.3) is 0 Å². The van der Waals surface area contributed by atoms with E-state index in [2.05, 4.69) is 16.2 Å². The maximum absolute atomic E-state index is 12.1. The second kappa shape index (κ2) is 8.81. The van der Waals surface area contributed by atoms with Crippen LogP contribution in [0, 0.1) is 0 Å². The molecule has 0 atom stereocenters. The number of aryl methyl sites for hydroxylation is 2. The van der Waals surface area contributed by atoms with Crippen molar-refractivity contribution >= 4 is 50.1 Å². The van der Waals surface area contributed by atoms with Crippen molar-refractivity contribution in [2.24, 2.45) is 5.10 Å². The number of amidine groups is 1. The summed E-state index contributed by atoms with van der Waals surface area (Å²) in [6.45, 7) is 2.14. The van der Waals surface area contributed by atoms with Crippen molar-refractivity contribution in [3.63, 3.8) is 0 Å². The van der Waals surface area contributed by atoms with E-state index in [4.69, 9.17) is 14.7 Å². The second-order valence-corrected chi connectivity index (χ2v) is 9.25. The molecule has 2 N–H and O–H groups in total. The minimum atomic E-state index is -0.313. The van der Waals surface area contributed by atoms with Gasteiger partial charge in [-0.25, -0.2) is 20.5 Å². The van der Waals surface area contributed by atoms with Crippen LogP contribution in [-0.4, -0.2) is 27.7 Å². The number of ether oxygens (including phenoxy) is 1. The lowest BCUT2D eigenvalue weighted by molar-refractivity contribution is -0.142. The zero-order valence-corrected chi connectivity index (χ0v) is 18.7. The number of benzene rings is 1. The lowest BCUT2D eigenvalue weighted by Gasteiger charge is -2.18. The summed E-state index contributed by atoms with van der Waals surface area (Å²) in [6, 6.07) is 9.94. The van der Waals surface area contributed by atoms with Gasteiger partial charge in [0.05, 0.1) is 12.3 Å². The Labute approximate surface area is 188 Å². The number of para-hydroxylation sites is 1. The molecule has 10 heteroatoms. The Morgan fingerprint density at radius 3 is 2.90 bits per heavy atom. The number of hydrogen-bond acceptors (Lipinski definition) is 10. The highest BCUT2D eigenvalue weighted by molar-refractivity contribution is 8.14. The third-order valence-electron chi connectivity index (χ3n) is 5.14. The number of thioether (sulfide) groups is 1. The van der Waals surface area contributed by atoms with Crippen LogP contribution >= 0.6 is 23.1 Å². The molecule has 0 amide bonds. The summed E-state index contributed by atoms with van der Waals surface area (Å²) in [6.07, 6.45) is 4.55. The number of esters is 1.